The molecule has 0 fully saturated rings. The fraction of sp³-hybridized carbons (Fsp3) is 0.833. The highest BCUT2D eigenvalue weighted by Gasteiger charge is 2.17. The third kappa shape index (κ3) is 1.86. The van der Waals surface area contributed by atoms with Gasteiger partial charge in [-0.05, 0) is 6.42 Å². The van der Waals surface area contributed by atoms with Crippen molar-refractivity contribution >= 4 is 17.7 Å². The first-order chi connectivity index (χ1) is 3.50. The van der Waals surface area contributed by atoms with Crippen LogP contribution in [0.2, 0.25) is 0 Å². The molecule has 0 amide bonds. The molecular formula is C6H13NS. The minimum absolute atomic E-state index is 0.0108. The van der Waals surface area contributed by atoms with Crippen LogP contribution in [0.25, 0.3) is 0 Å². The molecule has 0 aromatic rings. The van der Waals surface area contributed by atoms with Gasteiger partial charge in [-0.3, -0.25) is 5.41 Å². The van der Waals surface area contributed by atoms with Gasteiger partial charge in [0.15, 0.2) is 0 Å². The summed E-state index contributed by atoms with van der Waals surface area (Å²) in [6.45, 7) is 6.09. The second-order valence-electron chi connectivity index (χ2n) is 2.59. The van der Waals surface area contributed by atoms with Gasteiger partial charge in [0.2, 0.25) is 0 Å². The van der Waals surface area contributed by atoms with E-state index in [1.165, 1.54) is 0 Å². The number of hydrogen-bond donors (Lipinski definition) is 2. The van der Waals surface area contributed by atoms with E-state index in [1.807, 2.05) is 13.8 Å². The number of nitrogens with one attached hydrogen (secondary N) is 1. The van der Waals surface area contributed by atoms with Crippen molar-refractivity contribution in [3.8, 4) is 0 Å². The molecule has 0 radical (unpaired) electrons. The number of thiol groups is 1. The Bertz CT molecular complexity index is 96.7. The minimum Gasteiger partial charge on any atom is -0.298 e. The van der Waals surface area contributed by atoms with E-state index < -0.39 is 0 Å². The SMILES string of the molecule is CCC(C)(C)C(=N)S. The summed E-state index contributed by atoms with van der Waals surface area (Å²) in [4.78, 5) is 0. The van der Waals surface area contributed by atoms with Crippen LogP contribution in [0.15, 0.2) is 0 Å². The maximum absolute atomic E-state index is 7.16. The van der Waals surface area contributed by atoms with Crippen molar-refractivity contribution in [3.05, 3.63) is 0 Å². The van der Waals surface area contributed by atoms with Crippen molar-refractivity contribution in [1.82, 2.24) is 0 Å². The summed E-state index contributed by atoms with van der Waals surface area (Å²) in [5.74, 6) is 0. The van der Waals surface area contributed by atoms with Crippen LogP contribution in [-0.4, -0.2) is 5.04 Å². The van der Waals surface area contributed by atoms with Crippen molar-refractivity contribution in [2.75, 3.05) is 0 Å². The van der Waals surface area contributed by atoms with Crippen LogP contribution in [-0.2, 0) is 0 Å². The summed E-state index contributed by atoms with van der Waals surface area (Å²) in [5.41, 5.74) is -0.0108. The molecule has 0 saturated carbocycles. The first-order valence-corrected chi connectivity index (χ1v) is 3.23. The van der Waals surface area contributed by atoms with E-state index in [0.717, 1.165) is 6.42 Å². The first-order valence-electron chi connectivity index (χ1n) is 2.78. The Morgan fingerprint density at radius 3 is 2.00 bits per heavy atom. The molecule has 1 nitrogen and oxygen atoms in total. The Labute approximate surface area is 56.4 Å². The third-order valence-corrected chi connectivity index (χ3v) is 2.13. The molecular weight excluding hydrogens is 118 g/mol. The van der Waals surface area contributed by atoms with Gasteiger partial charge in [0.1, 0.15) is 0 Å². The average Bonchev–Trinajstić information content (AvgIpc) is 1.67. The quantitative estimate of drug-likeness (QED) is 0.326. The Morgan fingerprint density at radius 1 is 1.62 bits per heavy atom. The Morgan fingerprint density at radius 2 is 2.00 bits per heavy atom. The van der Waals surface area contributed by atoms with Gasteiger partial charge in [0.05, 0.1) is 5.04 Å². The van der Waals surface area contributed by atoms with Gasteiger partial charge in [-0.2, -0.15) is 0 Å². The molecule has 2 heteroatoms. The van der Waals surface area contributed by atoms with Crippen LogP contribution < -0.4 is 0 Å². The van der Waals surface area contributed by atoms with Crippen LogP contribution in [0, 0.1) is 10.8 Å². The molecule has 0 saturated heterocycles. The van der Waals surface area contributed by atoms with Gasteiger partial charge in [-0.15, -0.1) is 12.6 Å². The molecule has 0 rings (SSSR count). The van der Waals surface area contributed by atoms with Gasteiger partial charge in [0.25, 0.3) is 0 Å². The normalized spacial score (nSPS) is 11.5. The van der Waals surface area contributed by atoms with Gasteiger partial charge < -0.3 is 0 Å². The standard InChI is InChI=1S/C6H13NS/c1-4-6(2,3)5(7)8/h4H2,1-3H3,(H2,7,8). The fourth-order valence-corrected chi connectivity index (χ4v) is 0.326. The fourth-order valence-electron chi connectivity index (χ4n) is 0.167. The van der Waals surface area contributed by atoms with Gasteiger partial charge in [-0.1, -0.05) is 20.8 Å². The summed E-state index contributed by atoms with van der Waals surface area (Å²) in [6.07, 6.45) is 0.981. The topological polar surface area (TPSA) is 23.9 Å². The Hall–Kier alpha value is 0.0200. The average molecular weight is 131 g/mol. The molecule has 0 aromatic carbocycles. The van der Waals surface area contributed by atoms with Crippen LogP contribution in [0.3, 0.4) is 0 Å². The number of hydrogen-bond acceptors (Lipinski definition) is 1. The van der Waals surface area contributed by atoms with Gasteiger partial charge in [-0.25, -0.2) is 0 Å². The van der Waals surface area contributed by atoms with Crippen molar-refractivity contribution in [2.24, 2.45) is 5.41 Å². The molecule has 0 spiro atoms. The van der Waals surface area contributed by atoms with E-state index in [9.17, 15) is 0 Å². The third-order valence-electron chi connectivity index (χ3n) is 1.52. The largest absolute Gasteiger partial charge is 0.298 e. The van der Waals surface area contributed by atoms with E-state index in [-0.39, 0.29) is 5.41 Å². The van der Waals surface area contributed by atoms with Crippen LogP contribution in [0.4, 0.5) is 0 Å². The molecule has 0 heterocycles. The lowest BCUT2D eigenvalue weighted by atomic mass is 9.92. The lowest BCUT2D eigenvalue weighted by Crippen LogP contribution is -2.16. The van der Waals surface area contributed by atoms with Crippen molar-refractivity contribution in [3.63, 3.8) is 0 Å². The lowest BCUT2D eigenvalue weighted by Gasteiger charge is -2.19. The molecule has 0 unspecified atom stereocenters. The van der Waals surface area contributed by atoms with Crippen LogP contribution in [0.1, 0.15) is 27.2 Å². The summed E-state index contributed by atoms with van der Waals surface area (Å²) in [6, 6.07) is 0. The van der Waals surface area contributed by atoms with Crippen LogP contribution in [0.5, 0.6) is 0 Å². The summed E-state index contributed by atoms with van der Waals surface area (Å²) in [5, 5.41) is 7.63. The van der Waals surface area contributed by atoms with Crippen molar-refractivity contribution in [1.29, 1.82) is 5.41 Å². The van der Waals surface area contributed by atoms with Crippen molar-refractivity contribution < 1.29 is 0 Å². The van der Waals surface area contributed by atoms with E-state index in [0.29, 0.717) is 5.04 Å². The summed E-state index contributed by atoms with van der Waals surface area (Å²) in [7, 11) is 0. The Balaban J connectivity index is 3.91. The molecule has 48 valence electrons. The second kappa shape index (κ2) is 2.53. The van der Waals surface area contributed by atoms with Crippen LogP contribution >= 0.6 is 12.6 Å². The zero-order chi connectivity index (χ0) is 6.78. The first kappa shape index (κ1) is 8.02. The highest BCUT2D eigenvalue weighted by Crippen LogP contribution is 2.22. The molecule has 0 aliphatic rings. The summed E-state index contributed by atoms with van der Waals surface area (Å²) >= 11 is 3.94. The minimum atomic E-state index is -0.0108. The molecule has 8 heavy (non-hydrogen) atoms. The molecule has 0 aromatic heterocycles. The monoisotopic (exact) mass is 131 g/mol. The zero-order valence-corrected chi connectivity index (χ0v) is 6.55. The van der Waals surface area contributed by atoms with E-state index in [2.05, 4.69) is 19.6 Å². The predicted octanol–water partition coefficient (Wildman–Crippen LogP) is 2.33. The molecule has 0 aliphatic carbocycles. The molecule has 0 aliphatic heterocycles. The molecule has 0 atom stereocenters. The molecule has 1 N–H and O–H groups in total. The maximum Gasteiger partial charge on any atom is 0.0667 e. The van der Waals surface area contributed by atoms with E-state index in [1.54, 1.807) is 0 Å². The predicted molar refractivity (Wildman–Crippen MR) is 40.8 cm³/mol. The highest BCUT2D eigenvalue weighted by atomic mass is 32.1. The highest BCUT2D eigenvalue weighted by molar-refractivity contribution is 7.96. The maximum atomic E-state index is 7.16. The smallest absolute Gasteiger partial charge is 0.0667 e. The number of rotatable bonds is 2. The van der Waals surface area contributed by atoms with Gasteiger partial charge in [0, 0.05) is 5.41 Å². The second-order valence-corrected chi connectivity index (χ2v) is 3.03. The van der Waals surface area contributed by atoms with E-state index >= 15 is 0 Å². The zero-order valence-electron chi connectivity index (χ0n) is 5.65. The molecule has 0 bridgehead atoms. The van der Waals surface area contributed by atoms with Gasteiger partial charge >= 0.3 is 0 Å². The van der Waals surface area contributed by atoms with Crippen molar-refractivity contribution in [2.45, 2.75) is 27.2 Å². The summed E-state index contributed by atoms with van der Waals surface area (Å²) < 4.78 is 0. The lowest BCUT2D eigenvalue weighted by molar-refractivity contribution is 0.509. The van der Waals surface area contributed by atoms with E-state index in [4.69, 9.17) is 5.41 Å². The Kier molecular flexibility index (Phi) is 2.54.